The van der Waals surface area contributed by atoms with Gasteiger partial charge in [0.1, 0.15) is 0 Å². The normalized spacial score (nSPS) is 16.7. The van der Waals surface area contributed by atoms with Gasteiger partial charge in [-0.2, -0.15) is 0 Å². The Morgan fingerprint density at radius 2 is 2.15 bits per heavy atom. The summed E-state index contributed by atoms with van der Waals surface area (Å²) < 4.78 is 0. The number of nitrogens with zero attached hydrogens (tertiary/aromatic N) is 1. The fourth-order valence-electron chi connectivity index (χ4n) is 2.88. The van der Waals surface area contributed by atoms with Crippen molar-refractivity contribution >= 4 is 22.7 Å². The van der Waals surface area contributed by atoms with Crippen molar-refractivity contribution in [3.8, 4) is 0 Å². The van der Waals surface area contributed by atoms with Gasteiger partial charge in [0.05, 0.1) is 11.0 Å². The third-order valence-electron chi connectivity index (χ3n) is 3.98. The molecular formula is C16H16N4. The second-order valence-corrected chi connectivity index (χ2v) is 5.34. The van der Waals surface area contributed by atoms with Crippen LogP contribution in [0.1, 0.15) is 17.0 Å². The lowest BCUT2D eigenvalue weighted by Crippen LogP contribution is -2.24. The van der Waals surface area contributed by atoms with E-state index in [-0.39, 0.29) is 0 Å². The van der Waals surface area contributed by atoms with Crippen molar-refractivity contribution in [2.75, 3.05) is 17.6 Å². The van der Waals surface area contributed by atoms with E-state index < -0.39 is 0 Å². The molecule has 1 atom stereocenters. The molecule has 0 amide bonds. The van der Waals surface area contributed by atoms with Crippen molar-refractivity contribution in [1.29, 1.82) is 0 Å². The number of hydrogen-bond donors (Lipinski definition) is 3. The van der Waals surface area contributed by atoms with Crippen LogP contribution in [0.15, 0.2) is 42.5 Å². The standard InChI is InChI=1S/C16H16N4/c17-12-5-6-14-15(8-12)20-16(19-14)18-9-11-7-10-3-1-2-4-13(10)11/h1-6,8,11H,7,9,17H2,(H2,18,19,20). The zero-order chi connectivity index (χ0) is 13.5. The van der Waals surface area contributed by atoms with Crippen molar-refractivity contribution in [3.63, 3.8) is 0 Å². The maximum atomic E-state index is 5.77. The molecule has 3 aromatic rings. The number of H-pyrrole nitrogens is 1. The number of nitrogens with two attached hydrogens (primary N) is 1. The summed E-state index contributed by atoms with van der Waals surface area (Å²) >= 11 is 0. The van der Waals surface area contributed by atoms with Crippen LogP contribution in [0.2, 0.25) is 0 Å². The van der Waals surface area contributed by atoms with Gasteiger partial charge in [0.15, 0.2) is 0 Å². The van der Waals surface area contributed by atoms with E-state index in [2.05, 4.69) is 39.6 Å². The van der Waals surface area contributed by atoms with Crippen LogP contribution in [0, 0.1) is 0 Å². The van der Waals surface area contributed by atoms with E-state index in [1.54, 1.807) is 0 Å². The molecular weight excluding hydrogens is 248 g/mol. The molecule has 0 saturated carbocycles. The SMILES string of the molecule is Nc1ccc2nc(NCC3Cc4ccccc43)[nH]c2c1. The van der Waals surface area contributed by atoms with E-state index >= 15 is 0 Å². The minimum absolute atomic E-state index is 0.587. The molecule has 100 valence electrons. The van der Waals surface area contributed by atoms with Crippen molar-refractivity contribution in [1.82, 2.24) is 9.97 Å². The Hall–Kier alpha value is -2.49. The molecule has 1 heterocycles. The van der Waals surface area contributed by atoms with Crippen LogP contribution in [0.25, 0.3) is 11.0 Å². The maximum Gasteiger partial charge on any atom is 0.201 e. The lowest BCUT2D eigenvalue weighted by atomic mass is 9.78. The molecule has 1 aliphatic carbocycles. The Labute approximate surface area is 117 Å². The summed E-state index contributed by atoms with van der Waals surface area (Å²) in [6.45, 7) is 0.909. The van der Waals surface area contributed by atoms with Crippen LogP contribution in [0.3, 0.4) is 0 Å². The molecule has 4 N–H and O–H groups in total. The Bertz CT molecular complexity index is 775. The van der Waals surface area contributed by atoms with Crippen molar-refractivity contribution < 1.29 is 0 Å². The molecule has 0 saturated heterocycles. The molecule has 4 rings (SSSR count). The summed E-state index contributed by atoms with van der Waals surface area (Å²) in [6.07, 6.45) is 1.15. The molecule has 1 aliphatic rings. The summed E-state index contributed by atoms with van der Waals surface area (Å²) in [5.74, 6) is 1.40. The number of aromatic amines is 1. The Balaban J connectivity index is 1.49. The molecule has 0 radical (unpaired) electrons. The summed E-state index contributed by atoms with van der Waals surface area (Å²) in [7, 11) is 0. The summed E-state index contributed by atoms with van der Waals surface area (Å²) in [4.78, 5) is 7.78. The predicted octanol–water partition coefficient (Wildman–Crippen LogP) is 2.90. The van der Waals surface area contributed by atoms with Gasteiger partial charge in [-0.15, -0.1) is 0 Å². The fraction of sp³-hybridized carbons (Fsp3) is 0.188. The molecule has 0 bridgehead atoms. The highest BCUT2D eigenvalue weighted by molar-refractivity contribution is 5.80. The zero-order valence-electron chi connectivity index (χ0n) is 11.1. The number of anilines is 2. The number of nitrogen functional groups attached to an aromatic ring is 1. The highest BCUT2D eigenvalue weighted by Crippen LogP contribution is 2.34. The minimum atomic E-state index is 0.587. The van der Waals surface area contributed by atoms with E-state index in [0.717, 1.165) is 35.6 Å². The quantitative estimate of drug-likeness (QED) is 0.637. The largest absolute Gasteiger partial charge is 0.399 e. The van der Waals surface area contributed by atoms with Gasteiger partial charge in [-0.3, -0.25) is 0 Å². The number of hydrogen-bond acceptors (Lipinski definition) is 3. The van der Waals surface area contributed by atoms with Crippen molar-refractivity contribution in [2.45, 2.75) is 12.3 Å². The van der Waals surface area contributed by atoms with E-state index in [1.807, 2.05) is 18.2 Å². The molecule has 0 fully saturated rings. The highest BCUT2D eigenvalue weighted by atomic mass is 15.1. The van der Waals surface area contributed by atoms with Gasteiger partial charge in [-0.25, -0.2) is 4.98 Å². The highest BCUT2D eigenvalue weighted by Gasteiger charge is 2.25. The summed E-state index contributed by atoms with van der Waals surface area (Å²) in [5, 5.41) is 3.39. The molecule has 4 nitrogen and oxygen atoms in total. The Morgan fingerprint density at radius 1 is 1.25 bits per heavy atom. The van der Waals surface area contributed by atoms with E-state index in [0.29, 0.717) is 5.92 Å². The molecule has 0 aliphatic heterocycles. The average molecular weight is 264 g/mol. The Morgan fingerprint density at radius 3 is 3.05 bits per heavy atom. The second-order valence-electron chi connectivity index (χ2n) is 5.34. The molecule has 2 aromatic carbocycles. The number of benzene rings is 2. The van der Waals surface area contributed by atoms with Crippen molar-refractivity contribution in [2.24, 2.45) is 0 Å². The number of nitrogens with one attached hydrogen (secondary N) is 2. The predicted molar refractivity (Wildman–Crippen MR) is 81.9 cm³/mol. The monoisotopic (exact) mass is 264 g/mol. The first-order valence-electron chi connectivity index (χ1n) is 6.86. The number of fused-ring (bicyclic) bond motifs is 2. The van der Waals surface area contributed by atoms with Crippen LogP contribution in [-0.4, -0.2) is 16.5 Å². The third-order valence-corrected chi connectivity index (χ3v) is 3.98. The number of rotatable bonds is 3. The minimum Gasteiger partial charge on any atom is -0.399 e. The zero-order valence-corrected chi connectivity index (χ0v) is 11.1. The maximum absolute atomic E-state index is 5.77. The molecule has 1 unspecified atom stereocenters. The summed E-state index contributed by atoms with van der Waals surface area (Å²) in [5.41, 5.74) is 11.4. The van der Waals surface area contributed by atoms with Gasteiger partial charge < -0.3 is 16.0 Å². The van der Waals surface area contributed by atoms with Gasteiger partial charge in [-0.05, 0) is 35.7 Å². The first-order valence-corrected chi connectivity index (χ1v) is 6.86. The summed E-state index contributed by atoms with van der Waals surface area (Å²) in [6, 6.07) is 14.3. The topological polar surface area (TPSA) is 66.7 Å². The van der Waals surface area contributed by atoms with Gasteiger partial charge in [-0.1, -0.05) is 24.3 Å². The van der Waals surface area contributed by atoms with Crippen LogP contribution in [-0.2, 0) is 6.42 Å². The van der Waals surface area contributed by atoms with Crippen LogP contribution in [0.4, 0.5) is 11.6 Å². The van der Waals surface area contributed by atoms with E-state index in [9.17, 15) is 0 Å². The smallest absolute Gasteiger partial charge is 0.201 e. The molecule has 4 heteroatoms. The fourth-order valence-corrected chi connectivity index (χ4v) is 2.88. The lowest BCUT2D eigenvalue weighted by molar-refractivity contribution is 0.634. The number of imidazole rings is 1. The third kappa shape index (κ3) is 1.81. The van der Waals surface area contributed by atoms with Gasteiger partial charge in [0.2, 0.25) is 5.95 Å². The first-order chi connectivity index (χ1) is 9.79. The molecule has 20 heavy (non-hydrogen) atoms. The van der Waals surface area contributed by atoms with Gasteiger partial charge >= 0.3 is 0 Å². The first kappa shape index (κ1) is 11.3. The molecule has 0 spiro atoms. The van der Waals surface area contributed by atoms with Crippen LogP contribution >= 0.6 is 0 Å². The van der Waals surface area contributed by atoms with Crippen LogP contribution < -0.4 is 11.1 Å². The van der Waals surface area contributed by atoms with Crippen LogP contribution in [0.5, 0.6) is 0 Å². The van der Waals surface area contributed by atoms with Gasteiger partial charge in [0.25, 0.3) is 0 Å². The lowest BCUT2D eigenvalue weighted by Gasteiger charge is -2.30. The van der Waals surface area contributed by atoms with Crippen molar-refractivity contribution in [3.05, 3.63) is 53.6 Å². The number of aromatic nitrogens is 2. The second kappa shape index (κ2) is 4.27. The average Bonchev–Trinajstić information content (AvgIpc) is 2.81. The molecule has 1 aromatic heterocycles. The van der Waals surface area contributed by atoms with E-state index in [4.69, 9.17) is 5.73 Å². The van der Waals surface area contributed by atoms with Gasteiger partial charge in [0, 0.05) is 18.2 Å². The Kier molecular flexibility index (Phi) is 2.42. The van der Waals surface area contributed by atoms with E-state index in [1.165, 1.54) is 11.1 Å².